The molecule has 1 aliphatic rings. The molecule has 0 spiro atoms. The second kappa shape index (κ2) is 5.48. The molecule has 0 saturated heterocycles. The Kier molecular flexibility index (Phi) is 3.74. The second-order valence-electron chi connectivity index (χ2n) is 6.66. The lowest BCUT2D eigenvalue weighted by molar-refractivity contribution is -0.121. The van der Waals surface area contributed by atoms with E-state index in [2.05, 4.69) is 26.0 Å². The number of fused-ring (bicyclic) bond motifs is 3. The van der Waals surface area contributed by atoms with E-state index in [4.69, 9.17) is 5.73 Å². The molecule has 1 aliphatic carbocycles. The first-order valence-corrected chi connectivity index (χ1v) is 7.71. The molecule has 0 bridgehead atoms. The predicted octanol–water partition coefficient (Wildman–Crippen LogP) is 2.26. The van der Waals surface area contributed by atoms with Gasteiger partial charge in [0.1, 0.15) is 6.10 Å². The minimum Gasteiger partial charge on any atom is -0.390 e. The van der Waals surface area contributed by atoms with Crippen LogP contribution in [-0.4, -0.2) is 22.2 Å². The first-order chi connectivity index (χ1) is 10.8. The first kappa shape index (κ1) is 15.7. The highest BCUT2D eigenvalue weighted by Gasteiger charge is 2.35. The van der Waals surface area contributed by atoms with E-state index in [1.54, 1.807) is 6.07 Å². The Hall–Kier alpha value is -2.17. The van der Waals surface area contributed by atoms with Crippen molar-refractivity contribution in [1.29, 1.82) is 0 Å². The van der Waals surface area contributed by atoms with Crippen LogP contribution in [0.3, 0.4) is 0 Å². The van der Waals surface area contributed by atoms with Crippen LogP contribution in [0.25, 0.3) is 11.1 Å². The van der Waals surface area contributed by atoms with Gasteiger partial charge in [-0.3, -0.25) is 4.79 Å². The van der Waals surface area contributed by atoms with Gasteiger partial charge in [0.15, 0.2) is 0 Å². The largest absolute Gasteiger partial charge is 0.390 e. The van der Waals surface area contributed by atoms with Crippen LogP contribution in [0.1, 0.15) is 43.1 Å². The third-order valence-electron chi connectivity index (χ3n) is 4.72. The van der Waals surface area contributed by atoms with Gasteiger partial charge in [-0.2, -0.15) is 0 Å². The Balaban J connectivity index is 2.02. The fraction of sp³-hybridized carbons (Fsp3) is 0.316. The molecular formula is C19H21NO3. The summed E-state index contributed by atoms with van der Waals surface area (Å²) in [5, 5.41) is 20.2. The number of aliphatic hydroxyl groups is 2. The summed E-state index contributed by atoms with van der Waals surface area (Å²) in [4.78, 5) is 10.9. The minimum absolute atomic E-state index is 0.170. The normalized spacial score (nSPS) is 17.2. The van der Waals surface area contributed by atoms with Crippen LogP contribution in [0.5, 0.6) is 0 Å². The topological polar surface area (TPSA) is 83.6 Å². The Bertz CT molecular complexity index is 767. The standard InChI is InChI=1S/C19H21NO3/c1-19(2)14-6-4-3-5-12(14)13-8-7-11(9-15(13)19)18(23)16(21)10-17(20)22/h3-9,16,18,21,23H,10H2,1-2H3,(H2,20,22). The molecule has 4 heteroatoms. The van der Waals surface area contributed by atoms with Crippen LogP contribution in [0, 0.1) is 0 Å². The van der Waals surface area contributed by atoms with Crippen molar-refractivity contribution in [3.63, 3.8) is 0 Å². The Labute approximate surface area is 135 Å². The van der Waals surface area contributed by atoms with Crippen molar-refractivity contribution in [1.82, 2.24) is 0 Å². The fourth-order valence-electron chi connectivity index (χ4n) is 3.45. The minimum atomic E-state index is -1.20. The third-order valence-corrected chi connectivity index (χ3v) is 4.72. The molecule has 2 atom stereocenters. The molecule has 2 aromatic carbocycles. The van der Waals surface area contributed by atoms with Crippen LogP contribution in [0.2, 0.25) is 0 Å². The fourth-order valence-corrected chi connectivity index (χ4v) is 3.45. The van der Waals surface area contributed by atoms with Gasteiger partial charge in [-0.1, -0.05) is 56.3 Å². The Morgan fingerprint density at radius 1 is 1.09 bits per heavy atom. The number of nitrogens with two attached hydrogens (primary N) is 1. The Morgan fingerprint density at radius 3 is 2.43 bits per heavy atom. The van der Waals surface area contributed by atoms with Crippen molar-refractivity contribution >= 4 is 5.91 Å². The van der Waals surface area contributed by atoms with Gasteiger partial charge in [0.2, 0.25) is 5.91 Å². The van der Waals surface area contributed by atoms with E-state index >= 15 is 0 Å². The molecule has 1 amide bonds. The maximum atomic E-state index is 10.9. The average molecular weight is 311 g/mol. The smallest absolute Gasteiger partial charge is 0.220 e. The molecule has 2 aromatic rings. The number of carbonyl (C=O) groups excluding carboxylic acids is 1. The highest BCUT2D eigenvalue weighted by Crippen LogP contribution is 2.49. The molecule has 2 unspecified atom stereocenters. The zero-order valence-corrected chi connectivity index (χ0v) is 13.3. The van der Waals surface area contributed by atoms with E-state index in [0.29, 0.717) is 5.56 Å². The number of benzene rings is 2. The number of hydrogen-bond acceptors (Lipinski definition) is 3. The van der Waals surface area contributed by atoms with E-state index in [9.17, 15) is 15.0 Å². The summed E-state index contributed by atoms with van der Waals surface area (Å²) >= 11 is 0. The van der Waals surface area contributed by atoms with E-state index in [0.717, 1.165) is 11.1 Å². The zero-order chi connectivity index (χ0) is 16.8. The number of aliphatic hydroxyl groups excluding tert-OH is 2. The van der Waals surface area contributed by atoms with Crippen LogP contribution >= 0.6 is 0 Å². The van der Waals surface area contributed by atoms with Crippen molar-refractivity contribution < 1.29 is 15.0 Å². The average Bonchev–Trinajstić information content (AvgIpc) is 2.74. The van der Waals surface area contributed by atoms with Crippen molar-refractivity contribution in [3.8, 4) is 11.1 Å². The highest BCUT2D eigenvalue weighted by atomic mass is 16.3. The molecular weight excluding hydrogens is 290 g/mol. The molecule has 3 rings (SSSR count). The molecule has 23 heavy (non-hydrogen) atoms. The second-order valence-corrected chi connectivity index (χ2v) is 6.66. The molecule has 0 aliphatic heterocycles. The van der Waals surface area contributed by atoms with Crippen molar-refractivity contribution in [2.75, 3.05) is 0 Å². The summed E-state index contributed by atoms with van der Waals surface area (Å²) in [5.74, 6) is -0.634. The van der Waals surface area contributed by atoms with Crippen LogP contribution in [0.4, 0.5) is 0 Å². The third kappa shape index (κ3) is 2.54. The summed E-state index contributed by atoms with van der Waals surface area (Å²) < 4.78 is 0. The molecule has 4 N–H and O–H groups in total. The van der Waals surface area contributed by atoms with Gasteiger partial charge in [0.25, 0.3) is 0 Å². The molecule has 0 heterocycles. The van der Waals surface area contributed by atoms with Gasteiger partial charge < -0.3 is 15.9 Å². The van der Waals surface area contributed by atoms with Crippen LogP contribution in [-0.2, 0) is 10.2 Å². The molecule has 4 nitrogen and oxygen atoms in total. The van der Waals surface area contributed by atoms with E-state index < -0.39 is 18.1 Å². The number of carbonyl (C=O) groups is 1. The highest BCUT2D eigenvalue weighted by molar-refractivity contribution is 5.81. The molecule has 0 saturated carbocycles. The monoisotopic (exact) mass is 311 g/mol. The number of primary amides is 1. The van der Waals surface area contributed by atoms with Gasteiger partial charge in [0, 0.05) is 5.41 Å². The maximum absolute atomic E-state index is 10.9. The number of amides is 1. The van der Waals surface area contributed by atoms with Gasteiger partial charge in [-0.25, -0.2) is 0 Å². The van der Waals surface area contributed by atoms with Crippen molar-refractivity contribution in [2.24, 2.45) is 5.73 Å². The van der Waals surface area contributed by atoms with Crippen LogP contribution in [0.15, 0.2) is 42.5 Å². The first-order valence-electron chi connectivity index (χ1n) is 7.71. The summed E-state index contributed by atoms with van der Waals surface area (Å²) in [6.45, 7) is 4.29. The van der Waals surface area contributed by atoms with Gasteiger partial charge in [-0.15, -0.1) is 0 Å². The quantitative estimate of drug-likeness (QED) is 0.810. The molecule has 0 aromatic heterocycles. The number of rotatable bonds is 4. The zero-order valence-electron chi connectivity index (χ0n) is 13.3. The lowest BCUT2D eigenvalue weighted by Crippen LogP contribution is -2.26. The van der Waals surface area contributed by atoms with Crippen LogP contribution < -0.4 is 5.73 Å². The SMILES string of the molecule is CC1(C)c2ccccc2-c2ccc(C(O)C(O)CC(N)=O)cc21. The van der Waals surface area contributed by atoms with Crippen molar-refractivity contribution in [3.05, 3.63) is 59.2 Å². The summed E-state index contributed by atoms with van der Waals surface area (Å²) in [5.41, 5.74) is 10.2. The number of hydrogen-bond donors (Lipinski definition) is 3. The lowest BCUT2D eigenvalue weighted by Gasteiger charge is -2.23. The van der Waals surface area contributed by atoms with Gasteiger partial charge >= 0.3 is 0 Å². The summed E-state index contributed by atoms with van der Waals surface area (Å²) in [6.07, 6.45) is -2.59. The molecule has 0 radical (unpaired) electrons. The Morgan fingerprint density at radius 2 is 1.74 bits per heavy atom. The van der Waals surface area contributed by atoms with Crippen molar-refractivity contribution in [2.45, 2.75) is 37.9 Å². The molecule has 0 fully saturated rings. The van der Waals surface area contributed by atoms with E-state index in [1.165, 1.54) is 11.1 Å². The maximum Gasteiger partial charge on any atom is 0.220 e. The van der Waals surface area contributed by atoms with E-state index in [1.807, 2.05) is 24.3 Å². The predicted molar refractivity (Wildman–Crippen MR) is 88.8 cm³/mol. The lowest BCUT2D eigenvalue weighted by atomic mass is 9.81. The van der Waals surface area contributed by atoms with E-state index in [-0.39, 0.29) is 11.8 Å². The summed E-state index contributed by atoms with van der Waals surface area (Å²) in [7, 11) is 0. The van der Waals surface area contributed by atoms with Gasteiger partial charge in [0.05, 0.1) is 12.5 Å². The molecule has 120 valence electrons. The van der Waals surface area contributed by atoms with Gasteiger partial charge in [-0.05, 0) is 27.8 Å². The summed E-state index contributed by atoms with van der Waals surface area (Å²) in [6, 6.07) is 13.9.